The zero-order valence-electron chi connectivity index (χ0n) is 13.1. The highest BCUT2D eigenvalue weighted by atomic mass is 15.3. The van der Waals surface area contributed by atoms with Crippen LogP contribution in [0.3, 0.4) is 0 Å². The SMILES string of the molecule is c1ccc(CN2CCN(c3ccc4ccccc4n3)CC2)nc1. The van der Waals surface area contributed by atoms with Crippen LogP contribution in [0.5, 0.6) is 0 Å². The van der Waals surface area contributed by atoms with Gasteiger partial charge in [0.2, 0.25) is 0 Å². The lowest BCUT2D eigenvalue weighted by Crippen LogP contribution is -2.46. The Kier molecular flexibility index (Phi) is 3.90. The number of rotatable bonds is 3. The average molecular weight is 304 g/mol. The monoisotopic (exact) mass is 304 g/mol. The van der Waals surface area contributed by atoms with Crippen LogP contribution >= 0.6 is 0 Å². The van der Waals surface area contributed by atoms with Crippen molar-refractivity contribution in [2.24, 2.45) is 0 Å². The van der Waals surface area contributed by atoms with Crippen LogP contribution in [0.2, 0.25) is 0 Å². The molecule has 2 aromatic heterocycles. The molecule has 1 aliphatic heterocycles. The molecule has 1 aliphatic rings. The minimum atomic E-state index is 0.930. The quantitative estimate of drug-likeness (QED) is 0.745. The standard InChI is InChI=1S/C19H20N4/c1-2-7-18-16(5-1)8-9-19(21-18)23-13-11-22(12-14-23)15-17-6-3-4-10-20-17/h1-10H,11-15H2. The number of para-hydroxylation sites is 1. The van der Waals surface area contributed by atoms with Crippen LogP contribution in [0.15, 0.2) is 60.8 Å². The summed E-state index contributed by atoms with van der Waals surface area (Å²) in [5, 5.41) is 1.20. The summed E-state index contributed by atoms with van der Waals surface area (Å²) < 4.78 is 0. The second-order valence-electron chi connectivity index (χ2n) is 5.95. The molecule has 0 unspecified atom stereocenters. The Morgan fingerprint density at radius 2 is 1.65 bits per heavy atom. The highest BCUT2D eigenvalue weighted by Crippen LogP contribution is 2.19. The van der Waals surface area contributed by atoms with Gasteiger partial charge >= 0.3 is 0 Å². The van der Waals surface area contributed by atoms with Crippen LogP contribution in [0, 0.1) is 0 Å². The van der Waals surface area contributed by atoms with E-state index in [0.29, 0.717) is 0 Å². The normalized spacial score (nSPS) is 15.9. The number of nitrogens with zero attached hydrogens (tertiary/aromatic N) is 4. The van der Waals surface area contributed by atoms with Gasteiger partial charge in [-0.1, -0.05) is 24.3 Å². The lowest BCUT2D eigenvalue weighted by molar-refractivity contribution is 0.246. The van der Waals surface area contributed by atoms with Gasteiger partial charge in [0.25, 0.3) is 0 Å². The van der Waals surface area contributed by atoms with Crippen LogP contribution in [-0.2, 0) is 6.54 Å². The van der Waals surface area contributed by atoms with E-state index >= 15 is 0 Å². The molecule has 4 rings (SSSR count). The number of aromatic nitrogens is 2. The first kappa shape index (κ1) is 14.2. The summed E-state index contributed by atoms with van der Waals surface area (Å²) in [6.45, 7) is 5.05. The van der Waals surface area contributed by atoms with Crippen LogP contribution in [0.4, 0.5) is 5.82 Å². The van der Waals surface area contributed by atoms with Gasteiger partial charge in [0.1, 0.15) is 5.82 Å². The Labute approximate surface area is 136 Å². The Bertz CT molecular complexity index is 779. The van der Waals surface area contributed by atoms with Crippen molar-refractivity contribution in [2.75, 3.05) is 31.1 Å². The van der Waals surface area contributed by atoms with E-state index in [1.165, 1.54) is 5.39 Å². The molecule has 3 heterocycles. The first-order valence-electron chi connectivity index (χ1n) is 8.11. The summed E-state index contributed by atoms with van der Waals surface area (Å²) in [6, 6.07) is 18.7. The van der Waals surface area contributed by atoms with Gasteiger partial charge in [0.05, 0.1) is 11.2 Å². The fourth-order valence-corrected chi connectivity index (χ4v) is 3.09. The first-order valence-corrected chi connectivity index (χ1v) is 8.11. The fraction of sp³-hybridized carbons (Fsp3) is 0.263. The third-order valence-electron chi connectivity index (χ3n) is 4.39. The van der Waals surface area contributed by atoms with Gasteiger partial charge in [-0.2, -0.15) is 0 Å². The first-order chi connectivity index (χ1) is 11.4. The van der Waals surface area contributed by atoms with Gasteiger partial charge in [-0.05, 0) is 30.3 Å². The van der Waals surface area contributed by atoms with E-state index in [0.717, 1.165) is 49.8 Å². The Balaban J connectivity index is 1.42. The van der Waals surface area contributed by atoms with Gasteiger partial charge in [0.15, 0.2) is 0 Å². The predicted molar refractivity (Wildman–Crippen MR) is 93.5 cm³/mol. The molecule has 4 nitrogen and oxygen atoms in total. The van der Waals surface area contributed by atoms with E-state index in [9.17, 15) is 0 Å². The summed E-state index contributed by atoms with van der Waals surface area (Å²) in [5.74, 6) is 1.08. The molecule has 0 radical (unpaired) electrons. The van der Waals surface area contributed by atoms with E-state index in [2.05, 4.69) is 57.2 Å². The highest BCUT2D eigenvalue weighted by molar-refractivity contribution is 5.80. The van der Waals surface area contributed by atoms with Crippen molar-refractivity contribution in [3.63, 3.8) is 0 Å². The van der Waals surface area contributed by atoms with Gasteiger partial charge in [-0.15, -0.1) is 0 Å². The fourth-order valence-electron chi connectivity index (χ4n) is 3.09. The van der Waals surface area contributed by atoms with Gasteiger partial charge in [0, 0.05) is 44.3 Å². The molecule has 4 heteroatoms. The van der Waals surface area contributed by atoms with Gasteiger partial charge in [-0.25, -0.2) is 4.98 Å². The Morgan fingerprint density at radius 3 is 2.48 bits per heavy atom. The summed E-state index contributed by atoms with van der Waals surface area (Å²) in [5.41, 5.74) is 2.21. The number of hydrogen-bond donors (Lipinski definition) is 0. The molecule has 3 aromatic rings. The number of pyridine rings is 2. The van der Waals surface area contributed by atoms with Crippen molar-refractivity contribution in [3.05, 3.63) is 66.5 Å². The summed E-state index contributed by atoms with van der Waals surface area (Å²) in [7, 11) is 0. The third-order valence-corrected chi connectivity index (χ3v) is 4.39. The van der Waals surface area contributed by atoms with E-state index in [1.54, 1.807) is 0 Å². The number of hydrogen-bond acceptors (Lipinski definition) is 4. The van der Waals surface area contributed by atoms with Gasteiger partial charge < -0.3 is 4.90 Å². The van der Waals surface area contributed by atoms with E-state index in [4.69, 9.17) is 4.98 Å². The molecule has 1 aromatic carbocycles. The minimum Gasteiger partial charge on any atom is -0.354 e. The van der Waals surface area contributed by atoms with E-state index < -0.39 is 0 Å². The molecule has 0 bridgehead atoms. The summed E-state index contributed by atoms with van der Waals surface area (Å²) in [6.07, 6.45) is 1.87. The minimum absolute atomic E-state index is 0.930. The predicted octanol–water partition coefficient (Wildman–Crippen LogP) is 2.95. The molecule has 0 atom stereocenters. The van der Waals surface area contributed by atoms with Crippen LogP contribution in [0.25, 0.3) is 10.9 Å². The molecule has 0 amide bonds. The van der Waals surface area contributed by atoms with Crippen molar-refractivity contribution in [2.45, 2.75) is 6.54 Å². The third kappa shape index (κ3) is 3.17. The average Bonchev–Trinajstić information content (AvgIpc) is 2.63. The van der Waals surface area contributed by atoms with E-state index in [-0.39, 0.29) is 0 Å². The number of anilines is 1. The maximum Gasteiger partial charge on any atom is 0.129 e. The lowest BCUT2D eigenvalue weighted by atomic mass is 10.2. The van der Waals surface area contributed by atoms with Crippen molar-refractivity contribution in [1.29, 1.82) is 0 Å². The molecule has 116 valence electrons. The molecule has 1 fully saturated rings. The van der Waals surface area contributed by atoms with Crippen molar-refractivity contribution < 1.29 is 0 Å². The van der Waals surface area contributed by atoms with Crippen LogP contribution < -0.4 is 4.90 Å². The number of benzene rings is 1. The summed E-state index contributed by atoms with van der Waals surface area (Å²) >= 11 is 0. The zero-order valence-corrected chi connectivity index (χ0v) is 13.1. The molecule has 23 heavy (non-hydrogen) atoms. The van der Waals surface area contributed by atoms with E-state index in [1.807, 2.05) is 18.3 Å². The van der Waals surface area contributed by atoms with Crippen LogP contribution in [-0.4, -0.2) is 41.0 Å². The lowest BCUT2D eigenvalue weighted by Gasteiger charge is -2.35. The Hall–Kier alpha value is -2.46. The molecule has 0 saturated carbocycles. The second-order valence-corrected chi connectivity index (χ2v) is 5.95. The molecular formula is C19H20N4. The maximum atomic E-state index is 4.80. The maximum absolute atomic E-state index is 4.80. The van der Waals surface area contributed by atoms with Crippen molar-refractivity contribution in [1.82, 2.24) is 14.9 Å². The molecule has 0 spiro atoms. The largest absolute Gasteiger partial charge is 0.354 e. The highest BCUT2D eigenvalue weighted by Gasteiger charge is 2.18. The topological polar surface area (TPSA) is 32.3 Å². The molecule has 0 N–H and O–H groups in total. The number of piperazine rings is 1. The molecule has 0 aliphatic carbocycles. The van der Waals surface area contributed by atoms with Crippen LogP contribution in [0.1, 0.15) is 5.69 Å². The smallest absolute Gasteiger partial charge is 0.129 e. The van der Waals surface area contributed by atoms with Gasteiger partial charge in [-0.3, -0.25) is 9.88 Å². The second kappa shape index (κ2) is 6.34. The molecular weight excluding hydrogens is 284 g/mol. The number of fused-ring (bicyclic) bond motifs is 1. The zero-order chi connectivity index (χ0) is 15.5. The summed E-state index contributed by atoms with van der Waals surface area (Å²) in [4.78, 5) is 14.1. The van der Waals surface area contributed by atoms with Crippen molar-refractivity contribution in [3.8, 4) is 0 Å². The molecule has 1 saturated heterocycles. The van der Waals surface area contributed by atoms with Crippen molar-refractivity contribution >= 4 is 16.7 Å². The Morgan fingerprint density at radius 1 is 0.826 bits per heavy atom.